The van der Waals surface area contributed by atoms with E-state index in [1.54, 1.807) is 55.0 Å². The molecule has 2 aromatic heterocycles. The molecule has 0 aliphatic rings. The van der Waals surface area contributed by atoms with Crippen LogP contribution in [-0.2, 0) is 16.6 Å². The van der Waals surface area contributed by atoms with Crippen molar-refractivity contribution >= 4 is 21.8 Å². The lowest BCUT2D eigenvalue weighted by Gasteiger charge is -2.23. The standard InChI is InChI=1S/C21H20N6O4S/c1-31-19-13-16(6-9-18(19)28)26-12-11-23-21(26)27(20-3-2-10-24-25-20)14-15-4-7-17(8-5-15)32(22,29)30/h2-13,28H,14H2,1H3,(H2,22,29,30). The molecule has 164 valence electrons. The average Bonchev–Trinajstić information content (AvgIpc) is 3.27. The summed E-state index contributed by atoms with van der Waals surface area (Å²) in [6.07, 6.45) is 4.98. The van der Waals surface area contributed by atoms with Crippen molar-refractivity contribution in [3.05, 3.63) is 78.8 Å². The fourth-order valence-electron chi connectivity index (χ4n) is 3.17. The normalized spacial score (nSPS) is 11.3. The minimum atomic E-state index is -3.78. The van der Waals surface area contributed by atoms with Crippen LogP contribution >= 0.6 is 0 Å². The molecule has 0 unspecified atom stereocenters. The number of methoxy groups -OCH3 is 1. The maximum Gasteiger partial charge on any atom is 0.238 e. The quantitative estimate of drug-likeness (QED) is 0.436. The molecule has 0 spiro atoms. The Bertz CT molecular complexity index is 1320. The van der Waals surface area contributed by atoms with E-state index in [2.05, 4.69) is 15.2 Å². The highest BCUT2D eigenvalue weighted by Crippen LogP contribution is 2.31. The van der Waals surface area contributed by atoms with Crippen molar-refractivity contribution < 1.29 is 18.3 Å². The summed E-state index contributed by atoms with van der Waals surface area (Å²) in [5.74, 6) is 1.43. The average molecular weight is 452 g/mol. The van der Waals surface area contributed by atoms with Crippen molar-refractivity contribution in [3.63, 3.8) is 0 Å². The second kappa shape index (κ2) is 8.65. The molecule has 10 nitrogen and oxygen atoms in total. The van der Waals surface area contributed by atoms with Crippen LogP contribution in [-0.4, -0.2) is 40.4 Å². The van der Waals surface area contributed by atoms with E-state index in [1.807, 2.05) is 9.47 Å². The Hall–Kier alpha value is -3.96. The zero-order valence-electron chi connectivity index (χ0n) is 17.0. The first kappa shape index (κ1) is 21.3. The van der Waals surface area contributed by atoms with Crippen molar-refractivity contribution in [1.82, 2.24) is 19.7 Å². The first-order valence-corrected chi connectivity index (χ1v) is 11.0. The van der Waals surface area contributed by atoms with Crippen LogP contribution in [0.2, 0.25) is 0 Å². The summed E-state index contributed by atoms with van der Waals surface area (Å²) in [6, 6.07) is 14.8. The Morgan fingerprint density at radius 3 is 2.56 bits per heavy atom. The van der Waals surface area contributed by atoms with E-state index < -0.39 is 10.0 Å². The number of anilines is 2. The summed E-state index contributed by atoms with van der Waals surface area (Å²) in [6.45, 7) is 0.329. The number of imidazole rings is 1. The number of ether oxygens (including phenoxy) is 1. The topological polar surface area (TPSA) is 136 Å². The van der Waals surface area contributed by atoms with Crippen LogP contribution < -0.4 is 14.8 Å². The fraction of sp³-hybridized carbons (Fsp3) is 0.0952. The number of hydrogen-bond acceptors (Lipinski definition) is 8. The van der Waals surface area contributed by atoms with E-state index in [4.69, 9.17) is 9.88 Å². The van der Waals surface area contributed by atoms with Crippen LogP contribution in [0.15, 0.2) is 78.1 Å². The number of nitrogens with zero attached hydrogens (tertiary/aromatic N) is 5. The van der Waals surface area contributed by atoms with Crippen LogP contribution in [0.4, 0.5) is 11.8 Å². The molecule has 0 amide bonds. The molecule has 3 N–H and O–H groups in total. The molecule has 0 fully saturated rings. The minimum Gasteiger partial charge on any atom is -0.504 e. The molecule has 11 heteroatoms. The van der Waals surface area contributed by atoms with Gasteiger partial charge in [-0.1, -0.05) is 12.1 Å². The maximum atomic E-state index is 11.6. The van der Waals surface area contributed by atoms with Crippen molar-refractivity contribution in [2.45, 2.75) is 11.4 Å². The highest BCUT2D eigenvalue weighted by Gasteiger charge is 2.19. The van der Waals surface area contributed by atoms with Gasteiger partial charge in [0.15, 0.2) is 17.3 Å². The molecule has 0 atom stereocenters. The number of aromatic nitrogens is 4. The molecule has 0 aliphatic heterocycles. The van der Waals surface area contributed by atoms with Gasteiger partial charge >= 0.3 is 0 Å². The Balaban J connectivity index is 1.76. The third kappa shape index (κ3) is 4.38. The van der Waals surface area contributed by atoms with Gasteiger partial charge in [-0.15, -0.1) is 5.10 Å². The highest BCUT2D eigenvalue weighted by atomic mass is 32.2. The third-order valence-corrected chi connectivity index (χ3v) is 5.66. The Morgan fingerprint density at radius 2 is 1.91 bits per heavy atom. The summed E-state index contributed by atoms with van der Waals surface area (Å²) >= 11 is 0. The van der Waals surface area contributed by atoms with Gasteiger partial charge in [0, 0.05) is 24.7 Å². The zero-order chi connectivity index (χ0) is 22.7. The summed E-state index contributed by atoms with van der Waals surface area (Å²) < 4.78 is 30.2. The van der Waals surface area contributed by atoms with Gasteiger partial charge in [0.1, 0.15) is 0 Å². The van der Waals surface area contributed by atoms with Gasteiger partial charge in [-0.25, -0.2) is 18.5 Å². The SMILES string of the molecule is COc1cc(-n2ccnc2N(Cc2ccc(S(N)(=O)=O)cc2)c2cccnn2)ccc1O. The third-order valence-electron chi connectivity index (χ3n) is 4.73. The fourth-order valence-corrected chi connectivity index (χ4v) is 3.69. The molecule has 0 radical (unpaired) electrons. The number of aromatic hydroxyl groups is 1. The van der Waals surface area contributed by atoms with Gasteiger partial charge in [-0.3, -0.25) is 9.47 Å². The van der Waals surface area contributed by atoms with Crippen LogP contribution in [0.3, 0.4) is 0 Å². The first-order valence-electron chi connectivity index (χ1n) is 9.44. The lowest BCUT2D eigenvalue weighted by molar-refractivity contribution is 0.373. The van der Waals surface area contributed by atoms with Crippen LogP contribution in [0.25, 0.3) is 5.69 Å². The van der Waals surface area contributed by atoms with E-state index in [1.165, 1.54) is 25.3 Å². The van der Waals surface area contributed by atoms with Crippen LogP contribution in [0, 0.1) is 0 Å². The van der Waals surface area contributed by atoms with Crippen molar-refractivity contribution in [3.8, 4) is 17.2 Å². The van der Waals surface area contributed by atoms with Gasteiger partial charge < -0.3 is 9.84 Å². The number of benzene rings is 2. The maximum absolute atomic E-state index is 11.6. The number of hydrogen-bond donors (Lipinski definition) is 2. The lowest BCUT2D eigenvalue weighted by Crippen LogP contribution is -2.22. The van der Waals surface area contributed by atoms with Gasteiger partial charge in [0.2, 0.25) is 16.0 Å². The van der Waals surface area contributed by atoms with E-state index in [0.717, 1.165) is 5.56 Å². The predicted octanol–water partition coefficient (Wildman–Crippen LogP) is 2.36. The predicted molar refractivity (Wildman–Crippen MR) is 117 cm³/mol. The van der Waals surface area contributed by atoms with Crippen molar-refractivity contribution in [1.29, 1.82) is 0 Å². The van der Waals surface area contributed by atoms with Gasteiger partial charge in [0.25, 0.3) is 0 Å². The number of sulfonamides is 1. The van der Waals surface area contributed by atoms with Crippen molar-refractivity contribution in [2.24, 2.45) is 5.14 Å². The molecule has 0 saturated carbocycles. The molecule has 0 bridgehead atoms. The largest absolute Gasteiger partial charge is 0.504 e. The second-order valence-electron chi connectivity index (χ2n) is 6.81. The Labute approximate surface area is 184 Å². The smallest absolute Gasteiger partial charge is 0.238 e. The van der Waals surface area contributed by atoms with Gasteiger partial charge in [-0.2, -0.15) is 5.10 Å². The number of nitrogens with two attached hydrogens (primary N) is 1. The Kier molecular flexibility index (Phi) is 5.75. The number of rotatable bonds is 7. The summed E-state index contributed by atoms with van der Waals surface area (Å²) in [7, 11) is -2.30. The monoisotopic (exact) mass is 452 g/mol. The molecule has 2 heterocycles. The second-order valence-corrected chi connectivity index (χ2v) is 8.37. The number of phenols is 1. The number of primary sulfonamides is 1. The Morgan fingerprint density at radius 1 is 1.12 bits per heavy atom. The summed E-state index contributed by atoms with van der Waals surface area (Å²) in [5.41, 5.74) is 1.52. The molecule has 2 aromatic carbocycles. The van der Waals surface area contributed by atoms with Crippen LogP contribution in [0.5, 0.6) is 11.5 Å². The molecule has 4 aromatic rings. The first-order chi connectivity index (χ1) is 15.4. The van der Waals surface area contributed by atoms with E-state index in [0.29, 0.717) is 29.7 Å². The minimum absolute atomic E-state index is 0.0265. The van der Waals surface area contributed by atoms with Crippen molar-refractivity contribution in [2.75, 3.05) is 12.0 Å². The summed E-state index contributed by atoms with van der Waals surface area (Å²) in [4.78, 5) is 6.37. The summed E-state index contributed by atoms with van der Waals surface area (Å²) in [5, 5.41) is 23.3. The van der Waals surface area contributed by atoms with E-state index in [-0.39, 0.29) is 10.6 Å². The molecular weight excluding hydrogens is 432 g/mol. The van der Waals surface area contributed by atoms with E-state index >= 15 is 0 Å². The highest BCUT2D eigenvalue weighted by molar-refractivity contribution is 7.89. The van der Waals surface area contributed by atoms with E-state index in [9.17, 15) is 13.5 Å². The molecule has 0 aliphatic carbocycles. The zero-order valence-corrected chi connectivity index (χ0v) is 17.8. The van der Waals surface area contributed by atoms with Crippen LogP contribution in [0.1, 0.15) is 5.56 Å². The molecular formula is C21H20N6O4S. The molecule has 4 rings (SSSR count). The molecule has 0 saturated heterocycles. The van der Waals surface area contributed by atoms with Gasteiger partial charge in [-0.05, 0) is 42.0 Å². The lowest BCUT2D eigenvalue weighted by atomic mass is 10.2. The number of phenolic OH excluding ortho intramolecular Hbond substituents is 1. The van der Waals surface area contributed by atoms with Gasteiger partial charge in [0.05, 0.1) is 24.2 Å². The molecule has 32 heavy (non-hydrogen) atoms.